The highest BCUT2D eigenvalue weighted by Crippen LogP contribution is 2.55. The second-order valence-corrected chi connectivity index (χ2v) is 43.6. The van der Waals surface area contributed by atoms with Gasteiger partial charge in [0.2, 0.25) is 0 Å². The lowest BCUT2D eigenvalue weighted by molar-refractivity contribution is 0.590. The van der Waals surface area contributed by atoms with E-state index < -0.39 is 0 Å². The van der Waals surface area contributed by atoms with E-state index >= 15 is 0 Å². The van der Waals surface area contributed by atoms with Crippen LogP contribution in [0.2, 0.25) is 0 Å². The predicted octanol–water partition coefficient (Wildman–Crippen LogP) is 33.2. The Balaban J connectivity index is 0.000000153. The summed E-state index contributed by atoms with van der Waals surface area (Å²) in [6.07, 6.45) is 5.49. The van der Waals surface area contributed by atoms with Gasteiger partial charge in [-0.15, -0.1) is 0 Å². The number of imidazole rings is 3. The molecular formula is C130H111N11. The quantitative estimate of drug-likeness (QED) is 0.121. The van der Waals surface area contributed by atoms with E-state index in [1.165, 1.54) is 133 Å². The first-order valence-electron chi connectivity index (χ1n) is 49.4. The Morgan fingerprint density at radius 1 is 0.206 bits per heavy atom. The molecule has 8 aromatic heterocycles. The Hall–Kier alpha value is -16.2. The molecule has 0 N–H and O–H groups in total. The average molecular weight is 1830 g/mol. The lowest BCUT2D eigenvalue weighted by Crippen LogP contribution is -2.16. The summed E-state index contributed by atoms with van der Waals surface area (Å²) in [5.74, 6) is 2.14. The minimum Gasteiger partial charge on any atom is -0.309 e. The molecule has 0 spiro atoms. The third-order valence-electron chi connectivity index (χ3n) is 29.8. The Morgan fingerprint density at radius 3 is 0.752 bits per heavy atom. The summed E-state index contributed by atoms with van der Waals surface area (Å²) in [5, 5.41) is 5.30. The summed E-state index contributed by atoms with van der Waals surface area (Å²) in [5.41, 5.74) is 42.5. The number of fused-ring (bicyclic) bond motifs is 15. The van der Waals surface area contributed by atoms with Crippen molar-refractivity contribution in [2.45, 2.75) is 143 Å². The van der Waals surface area contributed by atoms with E-state index in [1.54, 1.807) is 0 Å². The summed E-state index contributed by atoms with van der Waals surface area (Å²) >= 11 is 0. The molecule has 11 nitrogen and oxygen atoms in total. The second-order valence-electron chi connectivity index (χ2n) is 43.6. The van der Waals surface area contributed by atoms with E-state index in [4.69, 9.17) is 29.9 Å². The van der Waals surface area contributed by atoms with Gasteiger partial charge >= 0.3 is 0 Å². The van der Waals surface area contributed by atoms with Gasteiger partial charge in [0.1, 0.15) is 34.0 Å². The molecule has 0 radical (unpaired) electrons. The van der Waals surface area contributed by atoms with E-state index in [0.717, 1.165) is 101 Å². The average Bonchev–Trinajstić information content (AvgIpc) is 1.57. The lowest BCUT2D eigenvalue weighted by Gasteiger charge is -2.24. The zero-order valence-electron chi connectivity index (χ0n) is 82.8. The maximum absolute atomic E-state index is 5.44. The van der Waals surface area contributed by atoms with E-state index in [-0.39, 0.29) is 32.5 Å². The minimum absolute atomic E-state index is 0.0571. The van der Waals surface area contributed by atoms with Crippen molar-refractivity contribution in [3.8, 4) is 129 Å². The molecule has 0 saturated heterocycles. The van der Waals surface area contributed by atoms with E-state index in [9.17, 15) is 0 Å². The topological polar surface area (TPSA) is 102 Å². The number of para-hydroxylation sites is 3. The van der Waals surface area contributed by atoms with Crippen molar-refractivity contribution in [3.63, 3.8) is 0 Å². The number of aromatic nitrogens is 11. The molecule has 0 atom stereocenters. The Labute approximate surface area is 823 Å². The van der Waals surface area contributed by atoms with Crippen LogP contribution in [0.25, 0.3) is 206 Å². The van der Waals surface area contributed by atoms with Crippen LogP contribution >= 0.6 is 0 Å². The van der Waals surface area contributed by atoms with Crippen molar-refractivity contribution < 1.29 is 0 Å². The van der Waals surface area contributed by atoms with Crippen molar-refractivity contribution in [3.05, 3.63) is 427 Å². The summed E-state index contributed by atoms with van der Waals surface area (Å²) in [6, 6.07) is 133. The predicted molar refractivity (Wildman–Crippen MR) is 587 cm³/mol. The molecule has 0 unspecified atom stereocenters. The molecule has 0 saturated carbocycles. The maximum Gasteiger partial charge on any atom is 0.164 e. The number of benzene rings is 15. The highest BCUT2D eigenvalue weighted by atomic mass is 15.2. The molecule has 0 bridgehead atoms. The summed E-state index contributed by atoms with van der Waals surface area (Å²) in [4.78, 5) is 31.3. The third-order valence-corrected chi connectivity index (χ3v) is 29.8. The van der Waals surface area contributed by atoms with Gasteiger partial charge in [0.25, 0.3) is 0 Å². The maximum atomic E-state index is 5.44. The zero-order chi connectivity index (χ0) is 96.7. The Morgan fingerprint density at radius 2 is 0.468 bits per heavy atom. The van der Waals surface area contributed by atoms with Crippen molar-refractivity contribution in [2.75, 3.05) is 0 Å². The van der Waals surface area contributed by atoms with Crippen LogP contribution in [0, 0.1) is 0 Å². The van der Waals surface area contributed by atoms with Gasteiger partial charge in [-0.3, -0.25) is 13.7 Å². The third kappa shape index (κ3) is 14.7. The summed E-state index contributed by atoms with van der Waals surface area (Å²) in [6.45, 7) is 37.5. The Kier molecular flexibility index (Phi) is 20.3. The molecule has 11 heteroatoms. The fourth-order valence-electron chi connectivity index (χ4n) is 22.2. The van der Waals surface area contributed by atoms with Gasteiger partial charge in [-0.05, 0) is 274 Å². The van der Waals surface area contributed by atoms with Crippen molar-refractivity contribution in [1.82, 2.24) is 52.7 Å². The Bertz CT molecular complexity index is 8180. The minimum atomic E-state index is -0.188. The number of rotatable bonds is 12. The number of hydrogen-bond acceptors (Lipinski definition) is 6. The highest BCUT2D eigenvalue weighted by molar-refractivity contribution is 6.12. The van der Waals surface area contributed by atoms with Crippen LogP contribution in [0.4, 0.5) is 0 Å². The smallest absolute Gasteiger partial charge is 0.164 e. The number of pyridine rings is 3. The van der Waals surface area contributed by atoms with Crippen LogP contribution in [0.5, 0.6) is 0 Å². The van der Waals surface area contributed by atoms with Gasteiger partial charge in [-0.2, -0.15) is 0 Å². The van der Waals surface area contributed by atoms with E-state index in [0.29, 0.717) is 17.5 Å². The van der Waals surface area contributed by atoms with Crippen molar-refractivity contribution >= 4 is 77.1 Å². The fourth-order valence-corrected chi connectivity index (χ4v) is 22.2. The van der Waals surface area contributed by atoms with Gasteiger partial charge in [-0.1, -0.05) is 317 Å². The molecule has 141 heavy (non-hydrogen) atoms. The van der Waals surface area contributed by atoms with Gasteiger partial charge in [0, 0.05) is 95.7 Å². The van der Waals surface area contributed by atoms with Crippen LogP contribution in [-0.4, -0.2) is 52.7 Å². The van der Waals surface area contributed by atoms with Gasteiger partial charge in [0.15, 0.2) is 16.9 Å². The van der Waals surface area contributed by atoms with Gasteiger partial charge in [-0.25, -0.2) is 29.9 Å². The van der Waals surface area contributed by atoms with Crippen LogP contribution < -0.4 is 0 Å². The first-order valence-corrected chi connectivity index (χ1v) is 49.4. The molecule has 0 aliphatic heterocycles. The second kappa shape index (κ2) is 32.7. The highest BCUT2D eigenvalue weighted by Gasteiger charge is 2.40. The first kappa shape index (κ1) is 87.5. The lowest BCUT2D eigenvalue weighted by atomic mass is 9.80. The van der Waals surface area contributed by atoms with Crippen molar-refractivity contribution in [1.29, 1.82) is 0 Å². The van der Waals surface area contributed by atoms with E-state index in [2.05, 4.69) is 443 Å². The normalized spacial score (nSPS) is 13.4. The molecule has 2 aliphatic carbocycles. The van der Waals surface area contributed by atoms with Gasteiger partial charge in [0.05, 0.1) is 39.1 Å². The zero-order valence-corrected chi connectivity index (χ0v) is 82.8. The van der Waals surface area contributed by atoms with Crippen LogP contribution in [0.3, 0.4) is 0 Å². The number of hydrogen-bond donors (Lipinski definition) is 0. The number of nitrogens with zero attached hydrogens (tertiary/aromatic N) is 11. The summed E-state index contributed by atoms with van der Waals surface area (Å²) in [7, 11) is 0. The molecule has 23 aromatic rings. The largest absolute Gasteiger partial charge is 0.309 e. The van der Waals surface area contributed by atoms with E-state index in [1.807, 2.05) is 73.2 Å². The molecule has 15 aromatic carbocycles. The van der Waals surface area contributed by atoms with Crippen LogP contribution in [0.15, 0.2) is 383 Å². The molecule has 686 valence electrons. The molecule has 25 rings (SSSR count). The monoisotopic (exact) mass is 1830 g/mol. The fraction of sp³-hybridized carbons (Fsp3) is 0.169. The molecule has 0 amide bonds. The SMILES string of the molecule is CC(C)(C)c1ccc2c(c1)c1cc(C(C)(C)C)ccc1n2-c1ccc2c(c1)C(C)(C)c1cc(-c3ccc4c(c3)C(C)(C)c3cc(-n5c6ccc(C(C)(C)C)cc6c6cc(C(C)(C)C)ccc65)ccc3-4)ccc1-2.c1ccc(-c2ccccc2-n2c(-c3cc(-c4nc5cccnc5n4-c4ccccc4-c4ccccc4)cc(-c4nc5cccnc5n4-c4ccccc4-c4ccccc4)c3)nc3cccnc32)cc1. The molecule has 0 fully saturated rings. The van der Waals surface area contributed by atoms with Crippen LogP contribution in [0.1, 0.15) is 155 Å². The van der Waals surface area contributed by atoms with Crippen molar-refractivity contribution in [2.24, 2.45) is 0 Å². The first-order chi connectivity index (χ1) is 68.0. The van der Waals surface area contributed by atoms with Gasteiger partial charge < -0.3 is 9.13 Å². The molecule has 8 heterocycles. The molecular weight excluding hydrogens is 1720 g/mol. The molecule has 2 aliphatic rings. The summed E-state index contributed by atoms with van der Waals surface area (Å²) < 4.78 is 11.6. The van der Waals surface area contributed by atoms with Crippen LogP contribution in [-0.2, 0) is 32.5 Å². The standard InChI is InChI=1S/C70H72N2.C60H39N9/c1-65(2,3)43-19-29-61-53(35-43)54-36-44(66(4,5)6)20-30-62(54)71(61)47-23-27-51-49-25-17-41(33-57(49)69(13,14)59(51)39-47)42-18-26-50-52-28-24-48(40-60(52)70(15,16)58(50)34-42)72-63-31-21-45(67(7,8)9)37-55(63)56-38-46(68(10,11)12)22-32-64(56)72;1-4-19-40(20-5-1)46-25-10-13-31-52(46)67-55(64-49-28-16-34-61-58(49)67)43-37-44(56-65-50-29-17-35-62-59(50)68(56)53-32-14-11-26-47(53)41-21-6-2-7-22-41)39-45(38-43)57-66-51-30-18-36-63-60(51)69(57)54-33-15-12-27-48(54)42-23-8-3-9-24-42/h17-40H,1-16H3;1-39H.